The Labute approximate surface area is 196 Å². The number of hydrogen-bond acceptors (Lipinski definition) is 5. The van der Waals surface area contributed by atoms with Gasteiger partial charge in [0, 0.05) is 36.5 Å². The van der Waals surface area contributed by atoms with Gasteiger partial charge in [0.05, 0.1) is 30.3 Å². The highest BCUT2D eigenvalue weighted by molar-refractivity contribution is 5.97. The van der Waals surface area contributed by atoms with Crippen molar-refractivity contribution < 1.29 is 9.53 Å². The Balaban J connectivity index is 1.57. The van der Waals surface area contributed by atoms with Crippen LogP contribution in [0.25, 0.3) is 28.2 Å². The van der Waals surface area contributed by atoms with E-state index in [-0.39, 0.29) is 22.4 Å². The number of rotatable bonds is 5. The maximum Gasteiger partial charge on any atom is 0.227 e. The van der Waals surface area contributed by atoms with Crippen LogP contribution in [0.2, 0.25) is 0 Å². The number of methoxy groups -OCH3 is 1. The average Bonchev–Trinajstić information content (AvgIpc) is 3.43. The maximum atomic E-state index is 13.6. The van der Waals surface area contributed by atoms with Gasteiger partial charge in [-0.25, -0.2) is 4.68 Å². The molecule has 0 aliphatic carbocycles. The average molecular weight is 456 g/mol. The molecule has 1 saturated heterocycles. The number of ether oxygens (including phenoxy) is 1. The zero-order valence-electron chi connectivity index (χ0n) is 19.3. The molecule has 1 amide bonds. The van der Waals surface area contributed by atoms with Crippen LogP contribution < -0.4 is 15.1 Å². The smallest absolute Gasteiger partial charge is 0.227 e. The third-order valence-electron chi connectivity index (χ3n) is 6.03. The van der Waals surface area contributed by atoms with E-state index in [1.807, 2.05) is 48.5 Å². The highest BCUT2D eigenvalue weighted by Crippen LogP contribution is 2.37. The number of nitrogens with one attached hydrogen (secondary N) is 1. The summed E-state index contributed by atoms with van der Waals surface area (Å²) in [4.78, 5) is 27.9. The van der Waals surface area contributed by atoms with Crippen molar-refractivity contribution in [2.24, 2.45) is 5.41 Å². The second kappa shape index (κ2) is 8.30. The van der Waals surface area contributed by atoms with Gasteiger partial charge in [0.1, 0.15) is 5.75 Å². The Morgan fingerprint density at radius 1 is 1.00 bits per heavy atom. The SMILES string of the molecule is COc1cc(N2CC(C)(C)CC2=O)ccc1-c1c[nH]nc(-c2ccnn2-c2ccccc2)c1=O. The molecule has 172 valence electrons. The Kier molecular flexibility index (Phi) is 5.28. The fourth-order valence-electron chi connectivity index (χ4n) is 4.42. The van der Waals surface area contributed by atoms with Crippen LogP contribution in [0.15, 0.2) is 71.8 Å². The lowest BCUT2D eigenvalue weighted by Crippen LogP contribution is -2.26. The van der Waals surface area contributed by atoms with E-state index in [1.165, 1.54) is 0 Å². The van der Waals surface area contributed by atoms with Crippen LogP contribution in [-0.4, -0.2) is 39.5 Å². The van der Waals surface area contributed by atoms with Crippen molar-refractivity contribution >= 4 is 11.6 Å². The summed E-state index contributed by atoms with van der Waals surface area (Å²) in [6, 6.07) is 16.8. The zero-order valence-corrected chi connectivity index (χ0v) is 19.3. The van der Waals surface area contributed by atoms with Crippen molar-refractivity contribution in [2.75, 3.05) is 18.6 Å². The molecule has 0 unspecified atom stereocenters. The first-order chi connectivity index (χ1) is 16.4. The first-order valence-electron chi connectivity index (χ1n) is 11.0. The second-order valence-electron chi connectivity index (χ2n) is 9.15. The van der Waals surface area contributed by atoms with E-state index < -0.39 is 0 Å². The third-order valence-corrected chi connectivity index (χ3v) is 6.03. The Morgan fingerprint density at radius 2 is 1.79 bits per heavy atom. The number of H-pyrrole nitrogens is 1. The minimum atomic E-state index is -0.249. The van der Waals surface area contributed by atoms with Crippen molar-refractivity contribution in [1.82, 2.24) is 20.0 Å². The lowest BCUT2D eigenvalue weighted by atomic mass is 9.93. The van der Waals surface area contributed by atoms with Gasteiger partial charge < -0.3 is 9.64 Å². The molecule has 34 heavy (non-hydrogen) atoms. The summed E-state index contributed by atoms with van der Waals surface area (Å²) in [5.74, 6) is 0.590. The molecule has 1 fully saturated rings. The van der Waals surface area contributed by atoms with Gasteiger partial charge >= 0.3 is 0 Å². The van der Waals surface area contributed by atoms with E-state index in [0.717, 1.165) is 11.4 Å². The number of amides is 1. The monoisotopic (exact) mass is 455 g/mol. The molecule has 2 aromatic heterocycles. The van der Waals surface area contributed by atoms with Gasteiger partial charge in [0.15, 0.2) is 5.69 Å². The van der Waals surface area contributed by atoms with Crippen LogP contribution >= 0.6 is 0 Å². The minimum Gasteiger partial charge on any atom is -0.496 e. The molecule has 5 rings (SSSR count). The van der Waals surface area contributed by atoms with E-state index in [1.54, 1.807) is 35.2 Å². The van der Waals surface area contributed by atoms with E-state index in [0.29, 0.717) is 35.5 Å². The summed E-state index contributed by atoms with van der Waals surface area (Å²) < 4.78 is 7.32. The largest absolute Gasteiger partial charge is 0.496 e. The molecule has 2 aromatic carbocycles. The number of aromatic amines is 1. The van der Waals surface area contributed by atoms with Crippen LogP contribution in [0.3, 0.4) is 0 Å². The number of hydrogen-bond donors (Lipinski definition) is 1. The number of carbonyl (C=O) groups is 1. The van der Waals surface area contributed by atoms with Crippen LogP contribution in [0.5, 0.6) is 5.75 Å². The summed E-state index contributed by atoms with van der Waals surface area (Å²) in [5.41, 5.74) is 3.12. The van der Waals surface area contributed by atoms with Crippen molar-refractivity contribution in [3.63, 3.8) is 0 Å². The molecule has 3 heterocycles. The van der Waals surface area contributed by atoms with E-state index >= 15 is 0 Å². The third kappa shape index (κ3) is 3.77. The van der Waals surface area contributed by atoms with Crippen molar-refractivity contribution in [3.8, 4) is 34.0 Å². The zero-order chi connectivity index (χ0) is 23.9. The minimum absolute atomic E-state index is 0.0815. The fourth-order valence-corrected chi connectivity index (χ4v) is 4.42. The molecule has 1 aliphatic heterocycles. The number of nitrogens with zero attached hydrogens (tertiary/aromatic N) is 4. The quantitative estimate of drug-likeness (QED) is 0.490. The number of para-hydroxylation sites is 1. The van der Waals surface area contributed by atoms with Crippen LogP contribution in [0.4, 0.5) is 5.69 Å². The normalized spacial score (nSPS) is 15.0. The molecule has 1 N–H and O–H groups in total. The summed E-state index contributed by atoms with van der Waals surface area (Å²) >= 11 is 0. The summed E-state index contributed by atoms with van der Waals surface area (Å²) in [5, 5.41) is 11.5. The summed E-state index contributed by atoms with van der Waals surface area (Å²) in [6.45, 7) is 4.79. The molecule has 0 spiro atoms. The first-order valence-corrected chi connectivity index (χ1v) is 11.0. The Hall–Kier alpha value is -4.20. The molecular weight excluding hydrogens is 430 g/mol. The predicted octanol–water partition coefficient (Wildman–Crippen LogP) is 4.06. The van der Waals surface area contributed by atoms with Crippen molar-refractivity contribution in [3.05, 3.63) is 77.2 Å². The van der Waals surface area contributed by atoms with Gasteiger partial charge in [0.25, 0.3) is 0 Å². The molecule has 0 saturated carbocycles. The fraction of sp³-hybridized carbons (Fsp3) is 0.231. The van der Waals surface area contributed by atoms with E-state index in [9.17, 15) is 9.59 Å². The number of anilines is 1. The number of aromatic nitrogens is 4. The predicted molar refractivity (Wildman–Crippen MR) is 130 cm³/mol. The van der Waals surface area contributed by atoms with Crippen molar-refractivity contribution in [2.45, 2.75) is 20.3 Å². The molecular formula is C26H25N5O3. The van der Waals surface area contributed by atoms with Gasteiger partial charge in [-0.1, -0.05) is 32.0 Å². The second-order valence-corrected chi connectivity index (χ2v) is 9.15. The van der Waals surface area contributed by atoms with E-state index in [4.69, 9.17) is 4.74 Å². The van der Waals surface area contributed by atoms with Crippen molar-refractivity contribution in [1.29, 1.82) is 0 Å². The molecule has 8 nitrogen and oxygen atoms in total. The van der Waals surface area contributed by atoms with Crippen LogP contribution in [0.1, 0.15) is 20.3 Å². The standard InChI is InChI=1S/C26H25N5O3/c1-26(2)14-23(32)30(16-26)18-9-10-19(22(13-18)34-3)20-15-27-29-24(25(20)33)21-11-12-28-31(21)17-7-5-4-6-8-17/h4-13,15H,14,16H2,1-3H3,(H,27,33). The molecule has 0 atom stereocenters. The first kappa shape index (κ1) is 21.6. The van der Waals surface area contributed by atoms with Gasteiger partial charge in [0.2, 0.25) is 11.3 Å². The molecule has 1 aliphatic rings. The van der Waals surface area contributed by atoms with Gasteiger partial charge in [-0.2, -0.15) is 10.2 Å². The lowest BCUT2D eigenvalue weighted by Gasteiger charge is -2.21. The summed E-state index contributed by atoms with van der Waals surface area (Å²) in [7, 11) is 1.55. The number of carbonyl (C=O) groups excluding carboxylic acids is 1. The highest BCUT2D eigenvalue weighted by Gasteiger charge is 2.36. The molecule has 0 bridgehead atoms. The van der Waals surface area contributed by atoms with Crippen LogP contribution in [0, 0.1) is 5.41 Å². The van der Waals surface area contributed by atoms with Crippen LogP contribution in [-0.2, 0) is 4.79 Å². The Bertz CT molecular complexity index is 1420. The van der Waals surface area contributed by atoms with Gasteiger partial charge in [-0.15, -0.1) is 0 Å². The number of benzene rings is 2. The molecule has 4 aromatic rings. The van der Waals surface area contributed by atoms with E-state index in [2.05, 4.69) is 29.1 Å². The molecule has 0 radical (unpaired) electrons. The maximum absolute atomic E-state index is 13.6. The lowest BCUT2D eigenvalue weighted by molar-refractivity contribution is -0.117. The highest BCUT2D eigenvalue weighted by atomic mass is 16.5. The Morgan fingerprint density at radius 3 is 2.50 bits per heavy atom. The summed E-state index contributed by atoms with van der Waals surface area (Å²) in [6.07, 6.45) is 3.70. The molecule has 8 heteroatoms. The topological polar surface area (TPSA) is 93.1 Å². The van der Waals surface area contributed by atoms with Gasteiger partial charge in [-0.05, 0) is 35.7 Å². The van der Waals surface area contributed by atoms with Gasteiger partial charge in [-0.3, -0.25) is 14.7 Å².